The van der Waals surface area contributed by atoms with Crippen LogP contribution in [0.3, 0.4) is 0 Å². The van der Waals surface area contributed by atoms with Crippen LogP contribution in [0.15, 0.2) is 48.8 Å². The average molecular weight is 671 g/mol. The van der Waals surface area contributed by atoms with Crippen LogP contribution >= 0.6 is 11.6 Å². The van der Waals surface area contributed by atoms with Gasteiger partial charge in [-0.1, -0.05) is 11.6 Å². The first-order chi connectivity index (χ1) is 22.6. The first-order valence-electron chi connectivity index (χ1n) is 15.2. The molecule has 2 aromatic carbocycles. The van der Waals surface area contributed by atoms with E-state index in [1.54, 1.807) is 18.5 Å². The van der Waals surface area contributed by atoms with Crippen molar-refractivity contribution in [1.82, 2.24) is 25.7 Å². The van der Waals surface area contributed by atoms with Crippen molar-refractivity contribution >= 4 is 40.2 Å². The van der Waals surface area contributed by atoms with E-state index < -0.39 is 23.3 Å². The van der Waals surface area contributed by atoms with E-state index in [9.17, 15) is 17.6 Å². The van der Waals surface area contributed by atoms with Gasteiger partial charge in [0.05, 0.1) is 35.1 Å². The van der Waals surface area contributed by atoms with Crippen LogP contribution in [0.5, 0.6) is 0 Å². The second kappa shape index (κ2) is 13.4. The van der Waals surface area contributed by atoms with Gasteiger partial charge in [-0.25, -0.2) is 17.6 Å². The highest BCUT2D eigenvalue weighted by Gasteiger charge is 2.42. The third kappa shape index (κ3) is 6.84. The molecule has 0 spiro atoms. The minimum atomic E-state index is -0.858. The lowest BCUT2D eigenvalue weighted by molar-refractivity contribution is 0.509. The van der Waals surface area contributed by atoms with Crippen molar-refractivity contribution in [2.45, 2.75) is 50.1 Å². The lowest BCUT2D eigenvalue weighted by Crippen LogP contribution is -2.30. The Bertz CT molecular complexity index is 1750. The number of hydrogen-bond acceptors (Lipinski definition) is 10. The third-order valence-electron chi connectivity index (χ3n) is 8.05. The summed E-state index contributed by atoms with van der Waals surface area (Å²) in [5.74, 6) is -2.61. The van der Waals surface area contributed by atoms with Gasteiger partial charge in [0.15, 0.2) is 34.2 Å². The van der Waals surface area contributed by atoms with Gasteiger partial charge in [-0.2, -0.15) is 10.2 Å². The van der Waals surface area contributed by atoms with Gasteiger partial charge in [0, 0.05) is 61.6 Å². The summed E-state index contributed by atoms with van der Waals surface area (Å²) in [6.45, 7) is 0. The fraction of sp³-hybridized carbons (Fsp3) is 0.375. The molecule has 4 aliphatic rings. The number of aromatic nitrogens is 4. The standard InChI is InChI=1S/C16H17F2N5.C14H11ClF2N4.C2H7N/c1-22(2)15-5-9(8-19-21-15)16-20-13-6-11(17)12(18)7-14(13)23(16)10-3-4-10;15-13-3-7(6-18-20-13)14-19-11-4-9(16)10(17)5-12(11)21(14)8-1-2-8;1-3-2/h5-8,10,16,20H,3-4H2,1-2H3;3-6,8,14,19H,1-2H2;3H,1-2H3. The molecule has 10 nitrogen and oxygen atoms in total. The van der Waals surface area contributed by atoms with Gasteiger partial charge in [-0.3, -0.25) is 0 Å². The van der Waals surface area contributed by atoms with Crippen LogP contribution in [0.1, 0.15) is 49.1 Å². The van der Waals surface area contributed by atoms with Crippen LogP contribution in [0, 0.1) is 23.3 Å². The quantitative estimate of drug-likeness (QED) is 0.212. The van der Waals surface area contributed by atoms with Gasteiger partial charge in [0.1, 0.15) is 12.3 Å². The molecule has 0 amide bonds. The normalized spacial score (nSPS) is 19.0. The molecule has 15 heteroatoms. The van der Waals surface area contributed by atoms with Crippen molar-refractivity contribution in [1.29, 1.82) is 0 Å². The van der Waals surface area contributed by atoms with Crippen molar-refractivity contribution in [3.05, 3.63) is 88.3 Å². The third-order valence-corrected chi connectivity index (χ3v) is 8.24. The van der Waals surface area contributed by atoms with E-state index in [0.29, 0.717) is 40.0 Å². The molecular formula is C32H35ClF4N10. The molecule has 2 aliphatic heterocycles. The minimum absolute atomic E-state index is 0.187. The van der Waals surface area contributed by atoms with Crippen molar-refractivity contribution < 1.29 is 17.6 Å². The van der Waals surface area contributed by atoms with Gasteiger partial charge in [-0.15, -0.1) is 10.2 Å². The highest BCUT2D eigenvalue weighted by atomic mass is 35.5. The molecule has 0 saturated heterocycles. The van der Waals surface area contributed by atoms with Gasteiger partial charge in [0.25, 0.3) is 0 Å². The number of nitrogens with one attached hydrogen (secondary N) is 3. The Labute approximate surface area is 275 Å². The maximum absolute atomic E-state index is 13.7. The number of hydrogen-bond donors (Lipinski definition) is 3. The predicted octanol–water partition coefficient (Wildman–Crippen LogP) is 6.25. The molecule has 8 rings (SSSR count). The Balaban J connectivity index is 0.000000152. The summed E-state index contributed by atoms with van der Waals surface area (Å²) >= 11 is 5.89. The molecule has 2 aliphatic carbocycles. The van der Waals surface area contributed by atoms with Crippen LogP contribution in [-0.4, -0.2) is 60.7 Å². The summed E-state index contributed by atoms with van der Waals surface area (Å²) in [4.78, 5) is 6.05. The summed E-state index contributed by atoms with van der Waals surface area (Å²) in [5.41, 5.74) is 4.32. The van der Waals surface area contributed by atoms with Gasteiger partial charge < -0.3 is 30.7 Å². The smallest absolute Gasteiger partial charge is 0.161 e. The van der Waals surface area contributed by atoms with Crippen molar-refractivity contribution in [3.63, 3.8) is 0 Å². The van der Waals surface area contributed by atoms with E-state index in [0.717, 1.165) is 42.6 Å². The van der Waals surface area contributed by atoms with Crippen LogP contribution in [0.2, 0.25) is 5.15 Å². The SMILES string of the molecule is CN(C)c1cc(C2Nc3cc(F)c(F)cc3N2C2CC2)cnn1.CNC.Fc1cc2c(cc1F)N(C1CC1)C(c1cnnc(Cl)c1)N2. The Morgan fingerprint density at radius 2 is 1.13 bits per heavy atom. The maximum atomic E-state index is 13.7. The van der Waals surface area contributed by atoms with E-state index in [1.165, 1.54) is 24.3 Å². The van der Waals surface area contributed by atoms with Crippen LogP contribution in [0.25, 0.3) is 0 Å². The fourth-order valence-electron chi connectivity index (χ4n) is 5.69. The first-order valence-corrected chi connectivity index (χ1v) is 15.6. The Morgan fingerprint density at radius 3 is 1.55 bits per heavy atom. The molecule has 2 saturated carbocycles. The topological polar surface area (TPSA) is 97.4 Å². The molecule has 4 heterocycles. The number of fused-ring (bicyclic) bond motifs is 2. The van der Waals surface area contributed by atoms with Crippen molar-refractivity contribution in [2.24, 2.45) is 0 Å². The largest absolute Gasteiger partial charge is 0.361 e. The average Bonchev–Trinajstić information content (AvgIpc) is 3.99. The van der Waals surface area contributed by atoms with Crippen molar-refractivity contribution in [2.75, 3.05) is 53.5 Å². The molecule has 2 fully saturated rings. The van der Waals surface area contributed by atoms with Gasteiger partial charge in [-0.05, 0) is 51.9 Å². The molecule has 248 valence electrons. The highest BCUT2D eigenvalue weighted by molar-refractivity contribution is 6.29. The predicted molar refractivity (Wildman–Crippen MR) is 175 cm³/mol. The van der Waals surface area contributed by atoms with E-state index in [2.05, 4.69) is 46.1 Å². The summed E-state index contributed by atoms with van der Waals surface area (Å²) in [5, 5.41) is 25.2. The zero-order chi connectivity index (χ0) is 33.4. The molecule has 2 atom stereocenters. The molecule has 3 N–H and O–H groups in total. The molecule has 2 aromatic heterocycles. The summed E-state index contributed by atoms with van der Waals surface area (Å²) in [6.07, 6.45) is 7.04. The molecule has 0 radical (unpaired) electrons. The molecular weight excluding hydrogens is 636 g/mol. The highest BCUT2D eigenvalue weighted by Crippen LogP contribution is 2.49. The van der Waals surface area contributed by atoms with Crippen LogP contribution < -0.4 is 30.7 Å². The van der Waals surface area contributed by atoms with E-state index in [4.69, 9.17) is 11.6 Å². The number of anilines is 5. The van der Waals surface area contributed by atoms with E-state index >= 15 is 0 Å². The summed E-state index contributed by atoms with van der Waals surface area (Å²) < 4.78 is 54.2. The lowest BCUT2D eigenvalue weighted by Gasteiger charge is -2.27. The number of benzene rings is 2. The Kier molecular flexibility index (Phi) is 9.24. The minimum Gasteiger partial charge on any atom is -0.361 e. The zero-order valence-electron chi connectivity index (χ0n) is 26.3. The Hall–Kier alpha value is -4.43. The second-order valence-electron chi connectivity index (χ2n) is 12.0. The first kappa shape index (κ1) is 32.5. The number of nitrogens with zero attached hydrogens (tertiary/aromatic N) is 7. The van der Waals surface area contributed by atoms with Crippen molar-refractivity contribution in [3.8, 4) is 0 Å². The molecule has 4 aromatic rings. The molecule has 0 bridgehead atoms. The zero-order valence-corrected chi connectivity index (χ0v) is 27.0. The van der Waals surface area contributed by atoms with E-state index in [1.807, 2.05) is 39.2 Å². The van der Waals surface area contributed by atoms with E-state index in [-0.39, 0.29) is 12.3 Å². The molecule has 2 unspecified atom stereocenters. The fourth-order valence-corrected chi connectivity index (χ4v) is 5.86. The van der Waals surface area contributed by atoms with Crippen LogP contribution in [-0.2, 0) is 0 Å². The Morgan fingerprint density at radius 1 is 0.702 bits per heavy atom. The number of halogens is 5. The maximum Gasteiger partial charge on any atom is 0.161 e. The monoisotopic (exact) mass is 670 g/mol. The van der Waals surface area contributed by atoms with Gasteiger partial charge >= 0.3 is 0 Å². The lowest BCUT2D eigenvalue weighted by atomic mass is 10.2. The number of rotatable bonds is 5. The van der Waals surface area contributed by atoms with Gasteiger partial charge in [0.2, 0.25) is 0 Å². The molecule has 47 heavy (non-hydrogen) atoms. The second-order valence-corrected chi connectivity index (χ2v) is 12.4. The van der Waals surface area contributed by atoms with Crippen LogP contribution in [0.4, 0.5) is 46.1 Å². The summed E-state index contributed by atoms with van der Waals surface area (Å²) in [7, 11) is 7.54. The summed E-state index contributed by atoms with van der Waals surface area (Å²) in [6, 6.07) is 9.25.